The third kappa shape index (κ3) is 1.75. The van der Waals surface area contributed by atoms with E-state index in [2.05, 4.69) is 18.0 Å². The SMILES string of the molecule is CCc1cc2c(s1)[N+](O)=C1CCC(N)=CC1=NC2. The molecule has 0 fully saturated rings. The van der Waals surface area contributed by atoms with Gasteiger partial charge in [0.05, 0.1) is 12.1 Å². The number of aryl methyl sites for hydroxylation is 1. The molecule has 0 spiro atoms. The van der Waals surface area contributed by atoms with E-state index in [0.29, 0.717) is 6.54 Å². The van der Waals surface area contributed by atoms with Crippen LogP contribution in [-0.4, -0.2) is 21.4 Å². The first-order valence-electron chi connectivity index (χ1n) is 6.16. The van der Waals surface area contributed by atoms with Gasteiger partial charge in [-0.2, -0.15) is 0 Å². The highest BCUT2D eigenvalue weighted by Crippen LogP contribution is 2.33. The summed E-state index contributed by atoms with van der Waals surface area (Å²) in [5.41, 5.74) is 9.46. The minimum atomic E-state index is 0.617. The number of hydrogen-bond acceptors (Lipinski definition) is 4. The number of hydrogen-bond donors (Lipinski definition) is 2. The van der Waals surface area contributed by atoms with Crippen LogP contribution in [0.1, 0.15) is 30.2 Å². The molecule has 0 saturated carbocycles. The van der Waals surface area contributed by atoms with E-state index in [1.807, 2.05) is 6.08 Å². The van der Waals surface area contributed by atoms with Crippen LogP contribution in [0, 0.1) is 0 Å². The van der Waals surface area contributed by atoms with Crippen molar-refractivity contribution in [3.8, 4) is 0 Å². The molecule has 4 nitrogen and oxygen atoms in total. The van der Waals surface area contributed by atoms with Crippen molar-refractivity contribution in [1.82, 2.24) is 0 Å². The van der Waals surface area contributed by atoms with Gasteiger partial charge >= 0.3 is 5.00 Å². The van der Waals surface area contributed by atoms with Crippen LogP contribution in [0.5, 0.6) is 0 Å². The van der Waals surface area contributed by atoms with Crippen molar-refractivity contribution in [3.05, 3.63) is 28.3 Å². The zero-order valence-corrected chi connectivity index (χ0v) is 11.1. The fraction of sp³-hybridized carbons (Fsp3) is 0.385. The van der Waals surface area contributed by atoms with Gasteiger partial charge in [-0.25, -0.2) is 0 Å². The average Bonchev–Trinajstić information content (AvgIpc) is 2.74. The molecular weight excluding hydrogens is 246 g/mol. The molecule has 0 unspecified atom stereocenters. The van der Waals surface area contributed by atoms with Crippen molar-refractivity contribution in [3.63, 3.8) is 0 Å². The van der Waals surface area contributed by atoms with Crippen molar-refractivity contribution in [2.75, 3.05) is 0 Å². The molecule has 1 aromatic heterocycles. The van der Waals surface area contributed by atoms with E-state index in [1.54, 1.807) is 11.3 Å². The highest BCUT2D eigenvalue weighted by Gasteiger charge is 2.31. The summed E-state index contributed by atoms with van der Waals surface area (Å²) in [6.45, 7) is 2.74. The maximum Gasteiger partial charge on any atom is 0.317 e. The van der Waals surface area contributed by atoms with E-state index in [-0.39, 0.29) is 0 Å². The Kier molecular flexibility index (Phi) is 2.70. The molecule has 0 saturated heterocycles. The first-order chi connectivity index (χ1) is 8.69. The van der Waals surface area contributed by atoms with Gasteiger partial charge in [0.2, 0.25) is 0 Å². The largest absolute Gasteiger partial charge is 0.402 e. The zero-order chi connectivity index (χ0) is 12.7. The molecule has 2 aliphatic rings. The lowest BCUT2D eigenvalue weighted by molar-refractivity contribution is -0.710. The summed E-state index contributed by atoms with van der Waals surface area (Å²) in [6, 6.07) is 2.14. The number of nitrogens with zero attached hydrogens (tertiary/aromatic N) is 2. The molecule has 1 aliphatic heterocycles. The minimum Gasteiger partial charge on any atom is -0.402 e. The lowest BCUT2D eigenvalue weighted by Gasteiger charge is -2.08. The Balaban J connectivity index is 2.13. The molecule has 5 heteroatoms. The molecule has 94 valence electrons. The van der Waals surface area contributed by atoms with E-state index < -0.39 is 0 Å². The third-order valence-electron chi connectivity index (χ3n) is 3.32. The highest BCUT2D eigenvalue weighted by molar-refractivity contribution is 7.15. The van der Waals surface area contributed by atoms with Gasteiger partial charge in [-0.15, -0.1) is 0 Å². The fourth-order valence-corrected chi connectivity index (χ4v) is 3.35. The molecule has 0 atom stereocenters. The van der Waals surface area contributed by atoms with E-state index in [4.69, 9.17) is 5.73 Å². The lowest BCUT2D eigenvalue weighted by Crippen LogP contribution is -2.26. The molecule has 1 aromatic rings. The van der Waals surface area contributed by atoms with Gasteiger partial charge in [0.25, 0.3) is 5.71 Å². The Morgan fingerprint density at radius 1 is 1.50 bits per heavy atom. The molecule has 0 radical (unpaired) electrons. The quantitative estimate of drug-likeness (QED) is 0.603. The summed E-state index contributed by atoms with van der Waals surface area (Å²) in [7, 11) is 0. The summed E-state index contributed by atoms with van der Waals surface area (Å²) in [5.74, 6) is 0. The van der Waals surface area contributed by atoms with Crippen LogP contribution in [0.25, 0.3) is 0 Å². The van der Waals surface area contributed by atoms with E-state index in [9.17, 15) is 5.21 Å². The number of aliphatic imine (C=N–C) groups is 1. The smallest absolute Gasteiger partial charge is 0.317 e. The summed E-state index contributed by atoms with van der Waals surface area (Å²) in [5, 5.41) is 11.3. The van der Waals surface area contributed by atoms with Crippen LogP contribution in [0.2, 0.25) is 0 Å². The Bertz CT molecular complexity index is 595. The van der Waals surface area contributed by atoms with E-state index >= 15 is 0 Å². The Labute approximate surface area is 110 Å². The second kappa shape index (κ2) is 4.24. The van der Waals surface area contributed by atoms with Gasteiger partial charge < -0.3 is 5.73 Å². The average molecular weight is 262 g/mol. The number of nitrogens with two attached hydrogens (primary N) is 1. The van der Waals surface area contributed by atoms with Crippen LogP contribution in [0.4, 0.5) is 5.00 Å². The van der Waals surface area contributed by atoms with Crippen molar-refractivity contribution >= 4 is 27.8 Å². The zero-order valence-electron chi connectivity index (χ0n) is 10.3. The molecular formula is C13H16N3OS+. The van der Waals surface area contributed by atoms with Crippen molar-refractivity contribution < 1.29 is 9.95 Å². The predicted molar refractivity (Wildman–Crippen MR) is 73.1 cm³/mol. The fourth-order valence-electron chi connectivity index (χ4n) is 2.31. The standard InChI is InChI=1S/C13H16N3OS/c1-2-10-5-8-7-15-11-6-9(14)3-4-12(11)16(17)13(8)18-10/h5-6,17H,2-4,7,14H2,1H3/q+1. The van der Waals surface area contributed by atoms with Crippen molar-refractivity contribution in [2.45, 2.75) is 32.7 Å². The Morgan fingerprint density at radius 3 is 3.11 bits per heavy atom. The van der Waals surface area contributed by atoms with Crippen LogP contribution in [0.3, 0.4) is 0 Å². The molecule has 3 rings (SSSR count). The van der Waals surface area contributed by atoms with Gasteiger partial charge in [-0.05, 0) is 25.0 Å². The third-order valence-corrected chi connectivity index (χ3v) is 4.62. The van der Waals surface area contributed by atoms with Crippen LogP contribution in [-0.2, 0) is 13.0 Å². The second-order valence-corrected chi connectivity index (χ2v) is 5.69. The second-order valence-electron chi connectivity index (χ2n) is 4.58. The van der Waals surface area contributed by atoms with Crippen molar-refractivity contribution in [2.24, 2.45) is 10.7 Å². The lowest BCUT2D eigenvalue weighted by atomic mass is 10.0. The monoisotopic (exact) mass is 262 g/mol. The molecule has 0 aromatic carbocycles. The number of thiophene rings is 1. The molecule has 0 bridgehead atoms. The normalized spacial score (nSPS) is 18.7. The van der Waals surface area contributed by atoms with Crippen LogP contribution in [0.15, 0.2) is 22.8 Å². The van der Waals surface area contributed by atoms with Crippen molar-refractivity contribution in [1.29, 1.82) is 0 Å². The Hall–Kier alpha value is -1.62. The summed E-state index contributed by atoms with van der Waals surface area (Å²) in [4.78, 5) is 5.84. The van der Waals surface area contributed by atoms with E-state index in [0.717, 1.165) is 46.9 Å². The molecule has 1 aliphatic carbocycles. The predicted octanol–water partition coefficient (Wildman–Crippen LogP) is 2.38. The molecule has 2 heterocycles. The van der Waals surface area contributed by atoms with Gasteiger partial charge in [-0.3, -0.25) is 10.2 Å². The number of rotatable bonds is 1. The molecule has 3 N–H and O–H groups in total. The van der Waals surface area contributed by atoms with Crippen LogP contribution < -0.4 is 5.73 Å². The maximum absolute atomic E-state index is 10.4. The first kappa shape index (κ1) is 11.5. The van der Waals surface area contributed by atoms with Gasteiger partial charge in [-0.1, -0.05) is 18.3 Å². The van der Waals surface area contributed by atoms with Gasteiger partial charge in [0.15, 0.2) is 0 Å². The maximum atomic E-state index is 10.4. The molecule has 0 amide bonds. The number of fused-ring (bicyclic) bond motifs is 2. The van der Waals surface area contributed by atoms with Gasteiger partial charge in [0, 0.05) is 21.7 Å². The van der Waals surface area contributed by atoms with E-state index in [1.165, 1.54) is 9.62 Å². The minimum absolute atomic E-state index is 0.617. The highest BCUT2D eigenvalue weighted by atomic mass is 32.1. The summed E-state index contributed by atoms with van der Waals surface area (Å²) >= 11 is 1.64. The Morgan fingerprint density at radius 2 is 2.33 bits per heavy atom. The van der Waals surface area contributed by atoms with Crippen LogP contribution >= 0.6 is 11.3 Å². The topological polar surface area (TPSA) is 61.6 Å². The summed E-state index contributed by atoms with van der Waals surface area (Å²) in [6.07, 6.45) is 4.40. The number of allylic oxidation sites excluding steroid dienone is 2. The first-order valence-corrected chi connectivity index (χ1v) is 6.98. The molecule has 18 heavy (non-hydrogen) atoms. The van der Waals surface area contributed by atoms with Gasteiger partial charge in [0.1, 0.15) is 5.71 Å². The summed E-state index contributed by atoms with van der Waals surface area (Å²) < 4.78 is 1.31.